The van der Waals surface area contributed by atoms with Gasteiger partial charge in [0.2, 0.25) is 23.5 Å². The molecule has 0 bridgehead atoms. The number of ketones is 1. The Balaban J connectivity index is 1.26. The molecule has 3 amide bonds. The van der Waals surface area contributed by atoms with E-state index in [0.29, 0.717) is 5.01 Å². The first-order valence-electron chi connectivity index (χ1n) is 15.5. The maximum Gasteiger partial charge on any atom is 0.243 e. The molecular weight excluding hydrogens is 602 g/mol. The second-order valence-electron chi connectivity index (χ2n) is 11.2. The molecule has 0 aliphatic carbocycles. The fourth-order valence-electron chi connectivity index (χ4n) is 5.72. The van der Waals surface area contributed by atoms with Gasteiger partial charge < -0.3 is 25.8 Å². The van der Waals surface area contributed by atoms with Crippen molar-refractivity contribution < 1.29 is 19.2 Å². The van der Waals surface area contributed by atoms with Crippen molar-refractivity contribution in [2.75, 3.05) is 26.7 Å². The minimum absolute atomic E-state index is 0.209. The molecule has 0 saturated carbocycles. The molecule has 1 saturated heterocycles. The van der Waals surface area contributed by atoms with Gasteiger partial charge in [-0.1, -0.05) is 43.3 Å². The highest BCUT2D eigenvalue weighted by atomic mass is 32.1. The van der Waals surface area contributed by atoms with Crippen LogP contribution in [0.4, 0.5) is 0 Å². The largest absolute Gasteiger partial charge is 0.361 e. The Kier molecular flexibility index (Phi) is 10.9. The first-order valence-corrected chi connectivity index (χ1v) is 16.4. The van der Waals surface area contributed by atoms with Gasteiger partial charge in [0.25, 0.3) is 0 Å². The minimum atomic E-state index is -0.900. The third-order valence-corrected chi connectivity index (χ3v) is 8.82. The number of para-hydroxylation sites is 1. The Bertz CT molecular complexity index is 1710. The predicted octanol–water partition coefficient (Wildman–Crippen LogP) is 3.26. The number of aromatic amines is 1. The van der Waals surface area contributed by atoms with E-state index in [4.69, 9.17) is 0 Å². The number of Topliss-reactive ketones (excluding diaryl/α,β-unsaturated/α-hetero) is 1. The van der Waals surface area contributed by atoms with Crippen LogP contribution in [0.2, 0.25) is 0 Å². The number of carbonyl (C=O) groups excluding carboxylic acids is 4. The van der Waals surface area contributed by atoms with Gasteiger partial charge >= 0.3 is 0 Å². The lowest BCUT2D eigenvalue weighted by atomic mass is 10.0. The number of hydrogen-bond donors (Lipinski definition) is 4. The molecular formula is C34H39N7O4S. The van der Waals surface area contributed by atoms with Crippen LogP contribution in [0, 0.1) is 0 Å². The van der Waals surface area contributed by atoms with Gasteiger partial charge in [0.15, 0.2) is 5.01 Å². The van der Waals surface area contributed by atoms with Crippen LogP contribution in [-0.4, -0.2) is 83.0 Å². The highest BCUT2D eigenvalue weighted by Gasteiger charge is 2.27. The van der Waals surface area contributed by atoms with Crippen LogP contribution in [0.3, 0.4) is 0 Å². The van der Waals surface area contributed by atoms with Crippen molar-refractivity contribution in [3.63, 3.8) is 0 Å². The van der Waals surface area contributed by atoms with Crippen molar-refractivity contribution in [2.24, 2.45) is 4.99 Å². The summed E-state index contributed by atoms with van der Waals surface area (Å²) >= 11 is 1.20. The zero-order valence-corrected chi connectivity index (χ0v) is 26.9. The van der Waals surface area contributed by atoms with Gasteiger partial charge in [-0.25, -0.2) is 4.98 Å². The fraction of sp³-hybridized carbons (Fsp3) is 0.353. The van der Waals surface area contributed by atoms with Gasteiger partial charge in [0.05, 0.1) is 12.6 Å². The van der Waals surface area contributed by atoms with Gasteiger partial charge in [-0.2, -0.15) is 0 Å². The number of likely N-dealkylation sites (tertiary alicyclic amines) is 1. The zero-order valence-electron chi connectivity index (χ0n) is 26.0. The van der Waals surface area contributed by atoms with Gasteiger partial charge in [-0.05, 0) is 36.1 Å². The molecule has 1 fully saturated rings. The Morgan fingerprint density at radius 2 is 1.78 bits per heavy atom. The SMILES string of the molecule is CCC(=O)NC(Cc1cccc(C(=NC)N2CCCC2)c1)C(=O)NCC(=O)NC(Cc1c[nH]c2ccccc12)C(=O)c1nccs1. The standard InChI is InChI=1S/C34H39N7O4S/c1-3-29(42)40-28(18-22-9-8-10-23(17-22)32(35-2)41-14-6-7-15-41)33(45)38-21-30(43)39-27(31(44)34-36-13-16-46-34)19-24-20-37-26-12-5-4-11-25(24)26/h4-5,8-13,16-17,20,27-28,37H,3,6-7,14-15,18-19,21H2,1-2H3,(H,38,45)(H,39,43)(H,40,42). The molecule has 2 aromatic carbocycles. The van der Waals surface area contributed by atoms with Crippen LogP contribution < -0.4 is 16.0 Å². The van der Waals surface area contributed by atoms with Crippen molar-refractivity contribution in [3.05, 3.63) is 88.0 Å². The van der Waals surface area contributed by atoms with Crippen molar-refractivity contribution in [1.82, 2.24) is 30.8 Å². The Morgan fingerprint density at radius 1 is 1.00 bits per heavy atom. The Labute approximate surface area is 271 Å². The number of H-pyrrole nitrogens is 1. The number of amides is 3. The predicted molar refractivity (Wildman–Crippen MR) is 179 cm³/mol. The molecule has 46 heavy (non-hydrogen) atoms. The number of aromatic nitrogens is 2. The van der Waals surface area contributed by atoms with E-state index in [1.165, 1.54) is 11.3 Å². The average Bonchev–Trinajstić information content (AvgIpc) is 3.87. The highest BCUT2D eigenvalue weighted by molar-refractivity contribution is 7.11. The fourth-order valence-corrected chi connectivity index (χ4v) is 6.35. The van der Waals surface area contributed by atoms with Crippen LogP contribution in [0.25, 0.3) is 10.9 Å². The number of benzene rings is 2. The van der Waals surface area contributed by atoms with E-state index in [0.717, 1.165) is 59.4 Å². The number of aliphatic imine (C=N–C) groups is 1. The molecule has 4 aromatic rings. The number of thiazole rings is 1. The number of nitrogens with one attached hydrogen (secondary N) is 4. The number of fused-ring (bicyclic) bond motifs is 1. The lowest BCUT2D eigenvalue weighted by Crippen LogP contribution is -2.51. The number of nitrogens with zero attached hydrogens (tertiary/aromatic N) is 3. The Hall–Kier alpha value is -4.84. The maximum absolute atomic E-state index is 13.4. The van der Waals surface area contributed by atoms with E-state index in [2.05, 4.69) is 35.8 Å². The van der Waals surface area contributed by atoms with E-state index in [1.54, 1.807) is 25.5 Å². The van der Waals surface area contributed by atoms with Crippen molar-refractivity contribution in [3.8, 4) is 0 Å². The summed E-state index contributed by atoms with van der Waals surface area (Å²) in [6.45, 7) is 3.25. The molecule has 3 heterocycles. The summed E-state index contributed by atoms with van der Waals surface area (Å²) in [6.07, 6.45) is 6.31. The minimum Gasteiger partial charge on any atom is -0.361 e. The molecule has 0 spiro atoms. The molecule has 4 N–H and O–H groups in total. The quantitative estimate of drug-likeness (QED) is 0.100. The number of hydrogen-bond acceptors (Lipinski definition) is 7. The second-order valence-corrected chi connectivity index (χ2v) is 12.1. The molecule has 5 rings (SSSR count). The summed E-state index contributed by atoms with van der Waals surface area (Å²) in [4.78, 5) is 66.4. The molecule has 2 atom stereocenters. The monoisotopic (exact) mass is 641 g/mol. The molecule has 2 aromatic heterocycles. The molecule has 11 nitrogen and oxygen atoms in total. The van der Waals surface area contributed by atoms with E-state index >= 15 is 0 Å². The van der Waals surface area contributed by atoms with E-state index in [9.17, 15) is 19.2 Å². The summed E-state index contributed by atoms with van der Waals surface area (Å²) < 4.78 is 0. The van der Waals surface area contributed by atoms with Crippen LogP contribution in [-0.2, 0) is 27.2 Å². The third-order valence-electron chi connectivity index (χ3n) is 8.03. The molecule has 12 heteroatoms. The summed E-state index contributed by atoms with van der Waals surface area (Å²) in [5.74, 6) is -0.701. The number of rotatable bonds is 13. The van der Waals surface area contributed by atoms with E-state index in [1.807, 2.05) is 54.7 Å². The van der Waals surface area contributed by atoms with Gasteiger partial charge in [-0.15, -0.1) is 11.3 Å². The van der Waals surface area contributed by atoms with Crippen LogP contribution in [0.15, 0.2) is 71.3 Å². The van der Waals surface area contributed by atoms with Crippen molar-refractivity contribution in [1.29, 1.82) is 0 Å². The smallest absolute Gasteiger partial charge is 0.243 e. The first-order chi connectivity index (χ1) is 22.4. The third kappa shape index (κ3) is 8.05. The summed E-state index contributed by atoms with van der Waals surface area (Å²) in [5, 5.41) is 11.2. The lowest BCUT2D eigenvalue weighted by Gasteiger charge is -2.22. The topological polar surface area (TPSA) is 149 Å². The van der Waals surface area contributed by atoms with E-state index < -0.39 is 23.9 Å². The van der Waals surface area contributed by atoms with Crippen molar-refractivity contribution in [2.45, 2.75) is 51.1 Å². The number of amidine groups is 1. The molecule has 0 radical (unpaired) electrons. The molecule has 240 valence electrons. The van der Waals surface area contributed by atoms with Crippen LogP contribution in [0.5, 0.6) is 0 Å². The lowest BCUT2D eigenvalue weighted by molar-refractivity contribution is -0.130. The summed E-state index contributed by atoms with van der Waals surface area (Å²) in [7, 11) is 1.78. The highest BCUT2D eigenvalue weighted by Crippen LogP contribution is 2.21. The number of carbonyl (C=O) groups is 4. The zero-order chi connectivity index (χ0) is 32.5. The maximum atomic E-state index is 13.4. The van der Waals surface area contributed by atoms with Crippen LogP contribution in [0.1, 0.15) is 52.7 Å². The van der Waals surface area contributed by atoms with Gasteiger partial charge in [-0.3, -0.25) is 24.2 Å². The first kappa shape index (κ1) is 32.6. The molecule has 1 aliphatic rings. The second kappa shape index (κ2) is 15.4. The summed E-state index contributed by atoms with van der Waals surface area (Å²) in [6, 6.07) is 13.8. The van der Waals surface area contributed by atoms with Crippen molar-refractivity contribution >= 4 is 51.6 Å². The molecule has 1 aliphatic heterocycles. The molecule has 2 unspecified atom stereocenters. The van der Waals surface area contributed by atoms with Gasteiger partial charge in [0, 0.05) is 73.6 Å². The van der Waals surface area contributed by atoms with Gasteiger partial charge in [0.1, 0.15) is 11.9 Å². The Morgan fingerprint density at radius 3 is 2.52 bits per heavy atom. The summed E-state index contributed by atoms with van der Waals surface area (Å²) in [5.41, 5.74) is 3.61. The van der Waals surface area contributed by atoms with Crippen LogP contribution >= 0.6 is 11.3 Å². The average molecular weight is 642 g/mol. The van der Waals surface area contributed by atoms with E-state index in [-0.39, 0.29) is 37.5 Å². The normalized spacial score (nSPS) is 14.6.